The van der Waals surface area contributed by atoms with Crippen LogP contribution in [0.3, 0.4) is 0 Å². The Morgan fingerprint density at radius 2 is 1.47 bits per heavy atom. The third-order valence-corrected chi connectivity index (χ3v) is 6.50. The Bertz CT molecular complexity index is 969. The third-order valence-electron chi connectivity index (χ3n) is 6.20. The summed E-state index contributed by atoms with van der Waals surface area (Å²) in [6.07, 6.45) is 0.116. The van der Waals surface area contributed by atoms with Gasteiger partial charge in [-0.15, -0.1) is 0 Å². The first kappa shape index (κ1) is 21.9. The van der Waals surface area contributed by atoms with Crippen molar-refractivity contribution < 1.29 is 24.2 Å². The Morgan fingerprint density at radius 3 is 1.88 bits per heavy atom. The summed E-state index contributed by atoms with van der Waals surface area (Å²) in [6, 6.07) is 14.5. The maximum absolute atomic E-state index is 14.0. The fourth-order valence-electron chi connectivity index (χ4n) is 4.43. The molecule has 2 aliphatic heterocycles. The molecule has 0 aliphatic carbocycles. The van der Waals surface area contributed by atoms with Crippen LogP contribution in [0.15, 0.2) is 48.5 Å². The minimum absolute atomic E-state index is 0.170. The van der Waals surface area contributed by atoms with E-state index < -0.39 is 11.6 Å². The van der Waals surface area contributed by atoms with Gasteiger partial charge < -0.3 is 24.8 Å². The number of hydrogen-bond acceptors (Lipinski definition) is 5. The molecule has 2 fully saturated rings. The molecule has 2 heterocycles. The number of carbonyl (C=O) groups excluding carboxylic acids is 1. The molecule has 0 atom stereocenters. The molecule has 0 spiro atoms. The van der Waals surface area contributed by atoms with Crippen molar-refractivity contribution in [2.45, 2.75) is 24.4 Å². The number of amides is 2. The summed E-state index contributed by atoms with van der Waals surface area (Å²) in [6.45, 7) is 0.731. The number of methoxy groups -OCH3 is 2. The van der Waals surface area contributed by atoms with E-state index in [0.717, 1.165) is 11.1 Å². The number of nitrogens with zero attached hydrogens (tertiary/aromatic N) is 2. The molecule has 4 rings (SSSR count). The van der Waals surface area contributed by atoms with Crippen LogP contribution in [-0.4, -0.2) is 65.4 Å². The molecular formula is C23H25N3O5S. The summed E-state index contributed by atoms with van der Waals surface area (Å²) >= 11 is 5.64. The van der Waals surface area contributed by atoms with E-state index in [2.05, 4.69) is 5.32 Å². The normalized spacial score (nSPS) is 18.4. The third kappa shape index (κ3) is 3.62. The summed E-state index contributed by atoms with van der Waals surface area (Å²) < 4.78 is 10.6. The van der Waals surface area contributed by atoms with Crippen LogP contribution in [0.2, 0.25) is 0 Å². The van der Waals surface area contributed by atoms with E-state index in [1.165, 1.54) is 4.90 Å². The predicted octanol–water partition coefficient (Wildman–Crippen LogP) is 2.81. The zero-order valence-electron chi connectivity index (χ0n) is 17.9. The van der Waals surface area contributed by atoms with Crippen LogP contribution in [0.1, 0.15) is 24.0 Å². The molecule has 9 heteroatoms. The number of thiocarbonyl (C=S) groups is 1. The molecule has 2 amide bonds. The number of likely N-dealkylation sites (tertiary alicyclic amines) is 1. The van der Waals surface area contributed by atoms with E-state index in [9.17, 15) is 14.7 Å². The van der Waals surface area contributed by atoms with Crippen LogP contribution in [0.5, 0.6) is 11.5 Å². The number of benzene rings is 2. The highest BCUT2D eigenvalue weighted by atomic mass is 32.1. The number of carboxylic acid groups (broad SMARTS) is 1. The minimum atomic E-state index is -1.19. The maximum atomic E-state index is 14.0. The number of carbonyl (C=O) groups is 2. The molecule has 2 aromatic rings. The second kappa shape index (κ2) is 8.66. The van der Waals surface area contributed by atoms with Gasteiger partial charge in [-0.3, -0.25) is 9.69 Å². The van der Waals surface area contributed by atoms with Crippen LogP contribution in [0, 0.1) is 0 Å². The number of nitrogens with one attached hydrogen (secondary N) is 1. The van der Waals surface area contributed by atoms with Crippen molar-refractivity contribution >= 4 is 29.3 Å². The first-order chi connectivity index (χ1) is 15.4. The quantitative estimate of drug-likeness (QED) is 0.670. The monoisotopic (exact) mass is 455 g/mol. The van der Waals surface area contributed by atoms with E-state index in [1.807, 2.05) is 48.5 Å². The SMILES string of the molecule is COc1ccc(C2(c3ccc(OC)cc3)NC(=S)N(C3CCN(C(=O)O)CC3)C2=O)cc1. The topological polar surface area (TPSA) is 91.3 Å². The largest absolute Gasteiger partial charge is 0.497 e. The lowest BCUT2D eigenvalue weighted by molar-refractivity contribution is -0.132. The van der Waals surface area contributed by atoms with Crippen molar-refractivity contribution in [2.75, 3.05) is 27.3 Å². The van der Waals surface area contributed by atoms with E-state index >= 15 is 0 Å². The standard InChI is InChI=1S/C23H25N3O5S/c1-30-18-7-3-15(4-8-18)23(16-5-9-19(31-2)10-6-16)20(27)26(21(32)24-23)17-11-13-25(14-12-17)22(28)29/h3-10,17H,11-14H2,1-2H3,(H,24,32)(H,28,29). The van der Waals surface area contributed by atoms with Crippen LogP contribution >= 0.6 is 12.2 Å². The highest BCUT2D eigenvalue weighted by Crippen LogP contribution is 2.39. The van der Waals surface area contributed by atoms with Gasteiger partial charge in [0.15, 0.2) is 10.7 Å². The fraction of sp³-hybridized carbons (Fsp3) is 0.348. The molecule has 2 saturated heterocycles. The molecule has 8 nitrogen and oxygen atoms in total. The molecule has 0 saturated carbocycles. The van der Waals surface area contributed by atoms with Crippen LogP contribution in [0.25, 0.3) is 0 Å². The average Bonchev–Trinajstić information content (AvgIpc) is 3.10. The van der Waals surface area contributed by atoms with Crippen LogP contribution in [0.4, 0.5) is 4.79 Å². The molecule has 32 heavy (non-hydrogen) atoms. The van der Waals surface area contributed by atoms with Gasteiger partial charge in [-0.05, 0) is 60.5 Å². The molecule has 2 aliphatic rings. The lowest BCUT2D eigenvalue weighted by atomic mass is 9.82. The number of piperidine rings is 1. The summed E-state index contributed by atoms with van der Waals surface area (Å²) in [5.41, 5.74) is 0.280. The Kier molecular flexibility index (Phi) is 5.92. The van der Waals surface area contributed by atoms with E-state index in [1.54, 1.807) is 19.1 Å². The number of rotatable bonds is 5. The molecule has 2 aromatic carbocycles. The first-order valence-corrected chi connectivity index (χ1v) is 10.7. The van der Waals surface area contributed by atoms with Crippen LogP contribution < -0.4 is 14.8 Å². The molecule has 168 valence electrons. The van der Waals surface area contributed by atoms with Gasteiger partial charge in [-0.1, -0.05) is 24.3 Å². The van der Waals surface area contributed by atoms with E-state index in [4.69, 9.17) is 21.7 Å². The van der Waals surface area contributed by atoms with Gasteiger partial charge in [0.05, 0.1) is 14.2 Å². The molecular weight excluding hydrogens is 430 g/mol. The average molecular weight is 456 g/mol. The smallest absolute Gasteiger partial charge is 0.407 e. The van der Waals surface area contributed by atoms with E-state index in [-0.39, 0.29) is 11.9 Å². The predicted molar refractivity (Wildman–Crippen MR) is 122 cm³/mol. The molecule has 0 aromatic heterocycles. The van der Waals surface area contributed by atoms with Crippen molar-refractivity contribution in [3.05, 3.63) is 59.7 Å². The Morgan fingerprint density at radius 1 is 1.00 bits per heavy atom. The van der Waals surface area contributed by atoms with E-state index in [0.29, 0.717) is 42.5 Å². The molecule has 0 unspecified atom stereocenters. The zero-order valence-corrected chi connectivity index (χ0v) is 18.7. The lowest BCUT2D eigenvalue weighted by Gasteiger charge is -2.35. The zero-order chi connectivity index (χ0) is 22.9. The van der Waals surface area contributed by atoms with Crippen molar-refractivity contribution in [2.24, 2.45) is 0 Å². The van der Waals surface area contributed by atoms with Crippen LogP contribution in [-0.2, 0) is 10.3 Å². The van der Waals surface area contributed by atoms with Gasteiger partial charge in [-0.25, -0.2) is 4.79 Å². The second-order valence-electron chi connectivity index (χ2n) is 7.81. The van der Waals surface area contributed by atoms with Gasteiger partial charge in [-0.2, -0.15) is 0 Å². The molecule has 2 N–H and O–H groups in total. The fourth-order valence-corrected chi connectivity index (χ4v) is 4.82. The Hall–Kier alpha value is -3.33. The van der Waals surface area contributed by atoms with Crippen molar-refractivity contribution in [1.29, 1.82) is 0 Å². The van der Waals surface area contributed by atoms with Crippen molar-refractivity contribution in [3.8, 4) is 11.5 Å². The second-order valence-corrected chi connectivity index (χ2v) is 8.20. The summed E-state index contributed by atoms with van der Waals surface area (Å²) in [5, 5.41) is 12.9. The van der Waals surface area contributed by atoms with Gasteiger partial charge in [0.1, 0.15) is 11.5 Å². The van der Waals surface area contributed by atoms with Crippen molar-refractivity contribution in [1.82, 2.24) is 15.1 Å². The summed E-state index contributed by atoms with van der Waals surface area (Å²) in [5.74, 6) is 1.20. The minimum Gasteiger partial charge on any atom is -0.497 e. The highest BCUT2D eigenvalue weighted by molar-refractivity contribution is 7.80. The number of ether oxygens (including phenoxy) is 2. The number of hydrogen-bond donors (Lipinski definition) is 2. The van der Waals surface area contributed by atoms with Gasteiger partial charge in [0.2, 0.25) is 0 Å². The van der Waals surface area contributed by atoms with Gasteiger partial charge in [0.25, 0.3) is 5.91 Å². The van der Waals surface area contributed by atoms with Crippen molar-refractivity contribution in [3.63, 3.8) is 0 Å². The Balaban J connectivity index is 1.73. The molecule has 0 bridgehead atoms. The summed E-state index contributed by atoms with van der Waals surface area (Å²) in [4.78, 5) is 28.3. The van der Waals surface area contributed by atoms with Gasteiger partial charge in [0, 0.05) is 19.1 Å². The summed E-state index contributed by atoms with van der Waals surface area (Å²) in [7, 11) is 3.18. The van der Waals surface area contributed by atoms with Gasteiger partial charge >= 0.3 is 6.09 Å². The maximum Gasteiger partial charge on any atom is 0.407 e. The lowest BCUT2D eigenvalue weighted by Crippen LogP contribution is -2.50. The molecule has 0 radical (unpaired) electrons. The highest BCUT2D eigenvalue weighted by Gasteiger charge is 2.54. The Labute approximate surface area is 191 Å². The first-order valence-electron chi connectivity index (χ1n) is 10.3.